The molecule has 0 aliphatic carbocycles. The molecule has 1 rings (SSSR count). The van der Waals surface area contributed by atoms with Gasteiger partial charge in [-0.3, -0.25) is 4.79 Å². The summed E-state index contributed by atoms with van der Waals surface area (Å²) in [7, 11) is 0. The van der Waals surface area contributed by atoms with E-state index in [1.165, 1.54) is 6.08 Å². The first-order chi connectivity index (χ1) is 6.79. The van der Waals surface area contributed by atoms with Crippen molar-refractivity contribution in [1.29, 1.82) is 0 Å². The van der Waals surface area contributed by atoms with Crippen molar-refractivity contribution in [3.8, 4) is 0 Å². The number of allylic oxidation sites excluding steroid dienone is 4. The van der Waals surface area contributed by atoms with Crippen LogP contribution < -0.4 is 5.43 Å². The first-order valence-corrected chi connectivity index (χ1v) is 3.94. The number of nitrogens with one attached hydrogen (secondary N) is 1. The van der Waals surface area contributed by atoms with Gasteiger partial charge in [0, 0.05) is 6.08 Å². The van der Waals surface area contributed by atoms with Crippen LogP contribution in [0.15, 0.2) is 46.9 Å². The van der Waals surface area contributed by atoms with Crippen LogP contribution >= 0.6 is 0 Å². The van der Waals surface area contributed by atoms with Gasteiger partial charge in [0.15, 0.2) is 11.8 Å². The van der Waals surface area contributed by atoms with Crippen LogP contribution in [0.4, 0.5) is 0 Å². The Labute approximate surface area is 80.2 Å². The van der Waals surface area contributed by atoms with Gasteiger partial charge in [0.1, 0.15) is 0 Å². The monoisotopic (exact) mass is 193 g/mol. The molecular formula is C8H9N4O2+. The van der Waals surface area contributed by atoms with Gasteiger partial charge >= 0.3 is 0 Å². The van der Waals surface area contributed by atoms with Gasteiger partial charge in [-0.25, -0.2) is 0 Å². The van der Waals surface area contributed by atoms with E-state index in [2.05, 4.69) is 15.9 Å². The lowest BCUT2D eigenvalue weighted by Crippen LogP contribution is -2.14. The molecule has 0 aromatic heterocycles. The maximum absolute atomic E-state index is 10.9. The Hall–Kier alpha value is -2.11. The molecule has 72 valence electrons. The summed E-state index contributed by atoms with van der Waals surface area (Å²) in [4.78, 5) is 22.1. The zero-order valence-electron chi connectivity index (χ0n) is 7.33. The van der Waals surface area contributed by atoms with Crippen molar-refractivity contribution < 1.29 is 9.66 Å². The van der Waals surface area contributed by atoms with Crippen molar-refractivity contribution in [3.63, 3.8) is 0 Å². The largest absolute Gasteiger partial charge is 0.284 e. The van der Waals surface area contributed by atoms with E-state index in [0.29, 0.717) is 4.87 Å². The molecule has 0 unspecified atom stereocenters. The first kappa shape index (κ1) is 9.97. The minimum absolute atomic E-state index is 0.0907. The fourth-order valence-electron chi connectivity index (χ4n) is 0.696. The highest BCUT2D eigenvalue weighted by atomic mass is 16.3. The van der Waals surface area contributed by atoms with Crippen LogP contribution in [0.3, 0.4) is 0 Å². The summed E-state index contributed by atoms with van der Waals surface area (Å²) in [6.07, 6.45) is 9.52. The van der Waals surface area contributed by atoms with Crippen LogP contribution in [0.2, 0.25) is 0 Å². The van der Waals surface area contributed by atoms with Crippen LogP contribution in [0.1, 0.15) is 0 Å². The van der Waals surface area contributed by atoms with E-state index in [-0.39, 0.29) is 6.54 Å². The zero-order valence-corrected chi connectivity index (χ0v) is 7.33. The molecule has 1 aliphatic heterocycles. The molecule has 1 aliphatic rings. The van der Waals surface area contributed by atoms with Crippen molar-refractivity contribution >= 4 is 5.91 Å². The summed E-state index contributed by atoms with van der Waals surface area (Å²) >= 11 is 0. The first-order valence-electron chi connectivity index (χ1n) is 3.94. The molecule has 0 spiro atoms. The zero-order chi connectivity index (χ0) is 10.2. The lowest BCUT2D eigenvalue weighted by atomic mass is 10.4. The highest BCUT2D eigenvalue weighted by Gasteiger charge is 2.01. The van der Waals surface area contributed by atoms with Gasteiger partial charge in [0.2, 0.25) is 5.22 Å². The van der Waals surface area contributed by atoms with Crippen LogP contribution in [-0.2, 0) is 4.79 Å². The van der Waals surface area contributed by atoms with Gasteiger partial charge in [0.05, 0.1) is 4.87 Å². The number of carbonyl (C=O) groups excluding carboxylic acids is 1. The molecule has 0 aromatic rings. The highest BCUT2D eigenvalue weighted by Crippen LogP contribution is 1.85. The predicted octanol–water partition coefficient (Wildman–Crippen LogP) is 0.846. The van der Waals surface area contributed by atoms with Gasteiger partial charge in [-0.1, -0.05) is 24.3 Å². The molecule has 1 N–H and O–H groups in total. The Balaban J connectivity index is 2.71. The number of rotatable bonds is 0. The van der Waals surface area contributed by atoms with Crippen LogP contribution in [-0.4, -0.2) is 17.3 Å². The van der Waals surface area contributed by atoms with E-state index < -0.39 is 5.91 Å². The normalized spacial score (nSPS) is 26.6. The van der Waals surface area contributed by atoms with E-state index in [9.17, 15) is 9.70 Å². The van der Waals surface area contributed by atoms with Crippen LogP contribution in [0, 0.1) is 4.91 Å². The summed E-state index contributed by atoms with van der Waals surface area (Å²) in [6.45, 7) is 0.0907. The third-order valence-electron chi connectivity index (χ3n) is 1.28. The van der Waals surface area contributed by atoms with Crippen molar-refractivity contribution in [2.75, 3.05) is 6.54 Å². The SMILES string of the molecule is O=C1/C=C/C=C\C=C\C[N+](=O)/N=N/N1. The van der Waals surface area contributed by atoms with Gasteiger partial charge in [-0.05, 0) is 11.0 Å². The molecule has 0 fully saturated rings. The average molecular weight is 193 g/mol. The van der Waals surface area contributed by atoms with E-state index in [1.807, 2.05) is 0 Å². The molecule has 14 heavy (non-hydrogen) atoms. The van der Waals surface area contributed by atoms with Crippen molar-refractivity contribution in [2.24, 2.45) is 10.4 Å². The van der Waals surface area contributed by atoms with E-state index >= 15 is 0 Å². The molecule has 0 radical (unpaired) electrons. The van der Waals surface area contributed by atoms with Crippen LogP contribution in [0.25, 0.3) is 0 Å². The molecule has 6 heteroatoms. The summed E-state index contributed by atoms with van der Waals surface area (Å²) in [5.41, 5.74) is 2.06. The van der Waals surface area contributed by atoms with E-state index in [0.717, 1.165) is 0 Å². The lowest BCUT2D eigenvalue weighted by Gasteiger charge is -1.84. The second kappa shape index (κ2) is 5.52. The maximum Gasteiger partial charge on any atom is 0.284 e. The molecule has 6 nitrogen and oxygen atoms in total. The topological polar surface area (TPSA) is 73.9 Å². The second-order valence-electron chi connectivity index (χ2n) is 2.37. The molecule has 0 aromatic carbocycles. The van der Waals surface area contributed by atoms with E-state index in [1.54, 1.807) is 30.4 Å². The fraction of sp³-hybridized carbons (Fsp3) is 0.125. The minimum Gasteiger partial charge on any atom is -0.266 e. The van der Waals surface area contributed by atoms with E-state index in [4.69, 9.17) is 0 Å². The Morgan fingerprint density at radius 3 is 2.93 bits per heavy atom. The standard InChI is InChI=1S/C8H8N4O2/c13-8-6-4-2-1-3-5-7-12(14)11-10-9-8/h1-6H,7H2/p+1/b2-1-,5-3+,6-4+. The molecule has 0 bridgehead atoms. The Morgan fingerprint density at radius 2 is 2.07 bits per heavy atom. The molecule has 1 heterocycles. The Morgan fingerprint density at radius 1 is 1.29 bits per heavy atom. The lowest BCUT2D eigenvalue weighted by molar-refractivity contribution is -0.553. The summed E-state index contributed by atoms with van der Waals surface area (Å²) < 4.78 is 0. The molecule has 0 atom stereocenters. The smallest absolute Gasteiger partial charge is 0.266 e. The third kappa shape index (κ3) is 4.05. The highest BCUT2D eigenvalue weighted by molar-refractivity contribution is 5.87. The Kier molecular flexibility index (Phi) is 3.93. The van der Waals surface area contributed by atoms with Gasteiger partial charge in [-0.2, -0.15) is 0 Å². The second-order valence-corrected chi connectivity index (χ2v) is 2.37. The summed E-state index contributed by atoms with van der Waals surface area (Å²) in [5.74, 6) is -0.434. The fourth-order valence-corrected chi connectivity index (χ4v) is 0.696. The number of nitrogens with zero attached hydrogens (tertiary/aromatic N) is 3. The van der Waals surface area contributed by atoms with Crippen molar-refractivity contribution in [3.05, 3.63) is 41.4 Å². The van der Waals surface area contributed by atoms with Gasteiger partial charge < -0.3 is 0 Å². The molecule has 0 saturated heterocycles. The van der Waals surface area contributed by atoms with Gasteiger partial charge in [-0.15, -0.1) is 5.43 Å². The van der Waals surface area contributed by atoms with Crippen LogP contribution in [0.5, 0.6) is 0 Å². The van der Waals surface area contributed by atoms with Crippen molar-refractivity contribution in [1.82, 2.24) is 5.43 Å². The third-order valence-corrected chi connectivity index (χ3v) is 1.28. The number of nitroso groups, excluding NO2 is 1. The maximum atomic E-state index is 10.9. The molecule has 0 saturated carbocycles. The number of hydrogen-bond donors (Lipinski definition) is 1. The molecule has 1 amide bonds. The number of carbonyl (C=O) groups is 1. The summed E-state index contributed by atoms with van der Waals surface area (Å²) in [5, 5.41) is 6.37. The van der Waals surface area contributed by atoms with Crippen molar-refractivity contribution in [2.45, 2.75) is 0 Å². The quantitative estimate of drug-likeness (QED) is 0.579. The Bertz CT molecular complexity index is 341. The average Bonchev–Trinajstić information content (AvgIpc) is 2.14. The minimum atomic E-state index is -0.434. The molecular weight excluding hydrogens is 184 g/mol. The predicted molar refractivity (Wildman–Crippen MR) is 48.9 cm³/mol. The van der Waals surface area contributed by atoms with Gasteiger partial charge in [0.25, 0.3) is 5.91 Å². The summed E-state index contributed by atoms with van der Waals surface area (Å²) in [6, 6.07) is 0. The number of hydrogen-bond acceptors (Lipinski definition) is 3. The number of amides is 1.